The van der Waals surface area contributed by atoms with Gasteiger partial charge < -0.3 is 10.2 Å². The second kappa shape index (κ2) is 8.78. The van der Waals surface area contributed by atoms with Gasteiger partial charge >= 0.3 is 0 Å². The van der Waals surface area contributed by atoms with Crippen LogP contribution in [-0.2, 0) is 11.2 Å². The number of para-hydroxylation sites is 1. The molecule has 2 aliphatic rings. The molecule has 2 atom stereocenters. The Kier molecular flexibility index (Phi) is 5.69. The van der Waals surface area contributed by atoms with Crippen LogP contribution in [0.3, 0.4) is 0 Å². The number of halogens is 1. The predicted molar refractivity (Wildman–Crippen MR) is 127 cm³/mol. The van der Waals surface area contributed by atoms with E-state index >= 15 is 0 Å². The van der Waals surface area contributed by atoms with Gasteiger partial charge in [-0.05, 0) is 71.7 Å². The number of anilines is 1. The van der Waals surface area contributed by atoms with E-state index in [4.69, 9.17) is 0 Å². The molecule has 2 aliphatic heterocycles. The monoisotopic (exact) mass is 428 g/mol. The molecule has 1 fully saturated rings. The Morgan fingerprint density at radius 3 is 2.59 bits per heavy atom. The van der Waals surface area contributed by atoms with Crippen molar-refractivity contribution in [2.24, 2.45) is 0 Å². The molecular weight excluding hydrogens is 399 g/mol. The van der Waals surface area contributed by atoms with E-state index in [1.54, 1.807) is 0 Å². The molecule has 164 valence electrons. The topological polar surface area (TPSA) is 32.3 Å². The standard InChI is InChI=1S/C28H29FN2O/c1-2-19-7-6-10-24-26(31-16-4-3-11-27(31)32)18-25(30-28(19)24)22-9-5-8-21(17-22)20-12-14-23(29)15-13-20/h5-10,12-15,17,25-26,30H,2-4,11,16,18H2,1H3. The summed E-state index contributed by atoms with van der Waals surface area (Å²) in [4.78, 5) is 15.0. The van der Waals surface area contributed by atoms with Crippen molar-refractivity contribution in [1.29, 1.82) is 0 Å². The summed E-state index contributed by atoms with van der Waals surface area (Å²) in [5.74, 6) is 0.0476. The number of hydrogen-bond acceptors (Lipinski definition) is 2. The van der Waals surface area contributed by atoms with Crippen molar-refractivity contribution >= 4 is 11.6 Å². The van der Waals surface area contributed by atoms with E-state index in [2.05, 4.69) is 59.6 Å². The number of fused-ring (bicyclic) bond motifs is 1. The van der Waals surface area contributed by atoms with Crippen molar-refractivity contribution in [3.63, 3.8) is 0 Å². The number of piperidine rings is 1. The summed E-state index contributed by atoms with van der Waals surface area (Å²) >= 11 is 0. The highest BCUT2D eigenvalue weighted by molar-refractivity contribution is 5.78. The van der Waals surface area contributed by atoms with Crippen LogP contribution >= 0.6 is 0 Å². The van der Waals surface area contributed by atoms with Gasteiger partial charge in [0.1, 0.15) is 5.82 Å². The van der Waals surface area contributed by atoms with Crippen LogP contribution in [0.1, 0.15) is 61.4 Å². The first-order chi connectivity index (χ1) is 15.6. The molecule has 3 aromatic rings. The normalized spacial score (nSPS) is 20.6. The van der Waals surface area contributed by atoms with E-state index < -0.39 is 0 Å². The number of nitrogens with one attached hydrogen (secondary N) is 1. The molecule has 0 spiro atoms. The van der Waals surface area contributed by atoms with E-state index in [1.807, 2.05) is 12.1 Å². The average Bonchev–Trinajstić information content (AvgIpc) is 2.84. The third kappa shape index (κ3) is 3.90. The SMILES string of the molecule is CCc1cccc2c1NC(c1cccc(-c3ccc(F)cc3)c1)CC2N1CCCCC1=O. The van der Waals surface area contributed by atoms with Crippen molar-refractivity contribution < 1.29 is 9.18 Å². The van der Waals surface area contributed by atoms with E-state index in [0.717, 1.165) is 43.4 Å². The molecular formula is C28H29FN2O. The zero-order valence-corrected chi connectivity index (χ0v) is 18.5. The molecule has 32 heavy (non-hydrogen) atoms. The van der Waals surface area contributed by atoms with Crippen LogP contribution in [0.5, 0.6) is 0 Å². The molecule has 0 radical (unpaired) electrons. The summed E-state index contributed by atoms with van der Waals surface area (Å²) in [7, 11) is 0. The molecule has 0 aromatic heterocycles. The molecule has 1 N–H and O–H groups in total. The lowest BCUT2D eigenvalue weighted by Crippen LogP contribution is -2.41. The van der Waals surface area contributed by atoms with Crippen LogP contribution in [-0.4, -0.2) is 17.4 Å². The number of amides is 1. The zero-order valence-electron chi connectivity index (χ0n) is 18.5. The molecule has 1 amide bonds. The van der Waals surface area contributed by atoms with Crippen LogP contribution in [0.15, 0.2) is 66.7 Å². The summed E-state index contributed by atoms with van der Waals surface area (Å²) in [5, 5.41) is 3.81. The molecule has 2 heterocycles. The molecule has 0 aliphatic carbocycles. The number of nitrogens with zero attached hydrogens (tertiary/aromatic N) is 1. The maximum absolute atomic E-state index is 13.4. The minimum atomic E-state index is -0.225. The average molecular weight is 429 g/mol. The zero-order chi connectivity index (χ0) is 22.1. The molecule has 4 heteroatoms. The lowest BCUT2D eigenvalue weighted by molar-refractivity contribution is -0.136. The van der Waals surface area contributed by atoms with Gasteiger partial charge in [-0.2, -0.15) is 0 Å². The van der Waals surface area contributed by atoms with Gasteiger partial charge in [0.2, 0.25) is 5.91 Å². The molecule has 0 bridgehead atoms. The maximum Gasteiger partial charge on any atom is 0.223 e. The van der Waals surface area contributed by atoms with Crippen LogP contribution in [0.4, 0.5) is 10.1 Å². The Bertz CT molecular complexity index is 1120. The van der Waals surface area contributed by atoms with Crippen LogP contribution in [0.2, 0.25) is 0 Å². The fraction of sp³-hybridized carbons (Fsp3) is 0.321. The minimum absolute atomic E-state index is 0.0880. The van der Waals surface area contributed by atoms with E-state index in [1.165, 1.54) is 34.5 Å². The van der Waals surface area contributed by atoms with Gasteiger partial charge in [0.05, 0.1) is 12.1 Å². The van der Waals surface area contributed by atoms with E-state index in [-0.39, 0.29) is 23.8 Å². The lowest BCUT2D eigenvalue weighted by atomic mass is 9.85. The van der Waals surface area contributed by atoms with Crippen molar-refractivity contribution in [2.45, 2.75) is 51.1 Å². The van der Waals surface area contributed by atoms with Crippen molar-refractivity contribution in [1.82, 2.24) is 4.90 Å². The third-order valence-corrected chi connectivity index (χ3v) is 6.90. The Labute approximate surface area is 189 Å². The number of aryl methyl sites for hydroxylation is 1. The summed E-state index contributed by atoms with van der Waals surface area (Å²) in [5.41, 5.74) is 6.98. The molecule has 3 aromatic carbocycles. The van der Waals surface area contributed by atoms with Crippen molar-refractivity contribution in [3.05, 3.63) is 89.2 Å². The summed E-state index contributed by atoms with van der Waals surface area (Å²) < 4.78 is 13.4. The summed E-state index contributed by atoms with van der Waals surface area (Å²) in [6.07, 6.45) is 4.50. The fourth-order valence-corrected chi connectivity index (χ4v) is 5.20. The number of carbonyl (C=O) groups is 1. The van der Waals surface area contributed by atoms with E-state index in [0.29, 0.717) is 6.42 Å². The van der Waals surface area contributed by atoms with Crippen LogP contribution < -0.4 is 5.32 Å². The van der Waals surface area contributed by atoms with Crippen molar-refractivity contribution in [3.8, 4) is 11.1 Å². The van der Waals surface area contributed by atoms with Crippen molar-refractivity contribution in [2.75, 3.05) is 11.9 Å². The van der Waals surface area contributed by atoms with Gasteiger partial charge in [0.25, 0.3) is 0 Å². The van der Waals surface area contributed by atoms with Gasteiger partial charge in [-0.3, -0.25) is 4.79 Å². The Hall–Kier alpha value is -3.14. The van der Waals surface area contributed by atoms with Crippen LogP contribution in [0.25, 0.3) is 11.1 Å². The quantitative estimate of drug-likeness (QED) is 0.504. The minimum Gasteiger partial charge on any atom is -0.378 e. The molecule has 0 saturated carbocycles. The largest absolute Gasteiger partial charge is 0.378 e. The molecule has 3 nitrogen and oxygen atoms in total. The number of likely N-dealkylation sites (tertiary alicyclic amines) is 1. The first-order valence-corrected chi connectivity index (χ1v) is 11.7. The predicted octanol–water partition coefficient (Wildman–Crippen LogP) is 6.67. The highest BCUT2D eigenvalue weighted by Gasteiger charge is 2.35. The second-order valence-electron chi connectivity index (χ2n) is 8.86. The van der Waals surface area contributed by atoms with Gasteiger partial charge in [-0.25, -0.2) is 4.39 Å². The summed E-state index contributed by atoms with van der Waals surface area (Å²) in [6.45, 7) is 3.01. The van der Waals surface area contributed by atoms with E-state index in [9.17, 15) is 9.18 Å². The number of carbonyl (C=O) groups excluding carboxylic acids is 1. The number of rotatable bonds is 4. The Morgan fingerprint density at radius 1 is 1.00 bits per heavy atom. The molecule has 2 unspecified atom stereocenters. The van der Waals surface area contributed by atoms with Crippen LogP contribution in [0, 0.1) is 5.82 Å². The first-order valence-electron chi connectivity index (χ1n) is 11.7. The molecule has 5 rings (SSSR count). The third-order valence-electron chi connectivity index (χ3n) is 6.90. The Balaban J connectivity index is 1.53. The van der Waals surface area contributed by atoms with Gasteiger partial charge in [-0.1, -0.05) is 55.5 Å². The highest BCUT2D eigenvalue weighted by Crippen LogP contribution is 2.45. The maximum atomic E-state index is 13.4. The summed E-state index contributed by atoms with van der Waals surface area (Å²) in [6, 6.07) is 21.8. The second-order valence-corrected chi connectivity index (χ2v) is 8.86. The first kappa shape index (κ1) is 20.7. The number of hydrogen-bond donors (Lipinski definition) is 1. The fourth-order valence-electron chi connectivity index (χ4n) is 5.20. The molecule has 1 saturated heterocycles. The van der Waals surface area contributed by atoms with Gasteiger partial charge in [0.15, 0.2) is 0 Å². The lowest BCUT2D eigenvalue weighted by Gasteiger charge is -2.42. The number of benzene rings is 3. The Morgan fingerprint density at radius 2 is 1.81 bits per heavy atom. The smallest absolute Gasteiger partial charge is 0.223 e. The highest BCUT2D eigenvalue weighted by atomic mass is 19.1. The van der Waals surface area contributed by atoms with Gasteiger partial charge in [0, 0.05) is 18.7 Å². The van der Waals surface area contributed by atoms with Gasteiger partial charge in [-0.15, -0.1) is 0 Å².